The Labute approximate surface area is 169 Å². The SMILES string of the molecule is Cc1noc(C)c1COc1ccc(C(=O)N2CCCC2c2ccc(F)cc2)cc1. The molecule has 150 valence electrons. The molecule has 1 aliphatic rings. The number of likely N-dealkylation sites (tertiary alicyclic amines) is 1. The highest BCUT2D eigenvalue weighted by Gasteiger charge is 2.30. The van der Waals surface area contributed by atoms with E-state index in [4.69, 9.17) is 9.26 Å². The summed E-state index contributed by atoms with van der Waals surface area (Å²) in [5.74, 6) is 1.14. The van der Waals surface area contributed by atoms with Crippen LogP contribution in [0.15, 0.2) is 53.1 Å². The smallest absolute Gasteiger partial charge is 0.254 e. The topological polar surface area (TPSA) is 55.6 Å². The number of hydrogen-bond donors (Lipinski definition) is 0. The molecule has 1 unspecified atom stereocenters. The third-order valence-corrected chi connectivity index (χ3v) is 5.43. The summed E-state index contributed by atoms with van der Waals surface area (Å²) in [7, 11) is 0. The van der Waals surface area contributed by atoms with Crippen LogP contribution < -0.4 is 4.74 Å². The Bertz CT molecular complexity index is 976. The van der Waals surface area contributed by atoms with E-state index in [1.165, 1.54) is 12.1 Å². The molecule has 0 radical (unpaired) electrons. The van der Waals surface area contributed by atoms with Crippen LogP contribution in [0.25, 0.3) is 0 Å². The lowest BCUT2D eigenvalue weighted by atomic mass is 10.0. The summed E-state index contributed by atoms with van der Waals surface area (Å²) < 4.78 is 24.2. The summed E-state index contributed by atoms with van der Waals surface area (Å²) in [6.45, 7) is 4.80. The number of halogens is 1. The molecule has 0 bridgehead atoms. The van der Waals surface area contributed by atoms with Gasteiger partial charge in [0.2, 0.25) is 0 Å². The number of carbonyl (C=O) groups excluding carboxylic acids is 1. The second-order valence-electron chi connectivity index (χ2n) is 7.32. The Hall–Kier alpha value is -3.15. The normalized spacial score (nSPS) is 16.2. The van der Waals surface area contributed by atoms with Gasteiger partial charge >= 0.3 is 0 Å². The van der Waals surface area contributed by atoms with Crippen LogP contribution in [0.3, 0.4) is 0 Å². The minimum absolute atomic E-state index is 0.0152. The first-order valence-corrected chi connectivity index (χ1v) is 9.74. The molecule has 1 aliphatic heterocycles. The fourth-order valence-corrected chi connectivity index (χ4v) is 3.76. The van der Waals surface area contributed by atoms with Gasteiger partial charge in [-0.3, -0.25) is 4.79 Å². The number of rotatable bonds is 5. The number of carbonyl (C=O) groups is 1. The van der Waals surface area contributed by atoms with Gasteiger partial charge in [-0.05, 0) is 68.7 Å². The minimum atomic E-state index is -0.267. The molecule has 0 aliphatic carbocycles. The van der Waals surface area contributed by atoms with E-state index in [1.54, 1.807) is 36.4 Å². The van der Waals surface area contributed by atoms with E-state index in [-0.39, 0.29) is 17.8 Å². The Morgan fingerprint density at radius 3 is 2.55 bits per heavy atom. The van der Waals surface area contributed by atoms with Crippen molar-refractivity contribution in [3.63, 3.8) is 0 Å². The molecule has 1 amide bonds. The Morgan fingerprint density at radius 1 is 1.17 bits per heavy atom. The van der Waals surface area contributed by atoms with Crippen LogP contribution in [0.2, 0.25) is 0 Å². The van der Waals surface area contributed by atoms with Gasteiger partial charge in [0.1, 0.15) is 23.9 Å². The van der Waals surface area contributed by atoms with Crippen molar-refractivity contribution in [3.8, 4) is 5.75 Å². The molecule has 1 saturated heterocycles. The minimum Gasteiger partial charge on any atom is -0.489 e. The van der Waals surface area contributed by atoms with Crippen LogP contribution in [0.5, 0.6) is 5.75 Å². The van der Waals surface area contributed by atoms with Gasteiger partial charge in [0.15, 0.2) is 0 Å². The van der Waals surface area contributed by atoms with Gasteiger partial charge in [-0.2, -0.15) is 0 Å². The van der Waals surface area contributed by atoms with Crippen molar-refractivity contribution in [3.05, 3.63) is 82.5 Å². The van der Waals surface area contributed by atoms with E-state index in [9.17, 15) is 9.18 Å². The summed E-state index contributed by atoms with van der Waals surface area (Å²) in [6, 6.07) is 13.6. The number of amides is 1. The summed E-state index contributed by atoms with van der Waals surface area (Å²) in [6.07, 6.45) is 1.82. The fraction of sp³-hybridized carbons (Fsp3) is 0.304. The van der Waals surface area contributed by atoms with Crippen LogP contribution in [0, 0.1) is 19.7 Å². The monoisotopic (exact) mass is 394 g/mol. The molecule has 3 aromatic rings. The average molecular weight is 394 g/mol. The second kappa shape index (κ2) is 8.07. The highest BCUT2D eigenvalue weighted by Crippen LogP contribution is 2.33. The zero-order valence-corrected chi connectivity index (χ0v) is 16.5. The standard InChI is InChI=1S/C23H23FN2O3/c1-15-21(16(2)29-25-15)14-28-20-11-7-18(8-12-20)23(27)26-13-3-4-22(26)17-5-9-19(24)10-6-17/h5-12,22H,3-4,13-14H2,1-2H3. The van der Waals surface area contributed by atoms with Crippen LogP contribution in [-0.4, -0.2) is 22.5 Å². The number of aromatic nitrogens is 1. The molecule has 1 atom stereocenters. The van der Waals surface area contributed by atoms with Crippen molar-refractivity contribution in [1.82, 2.24) is 10.1 Å². The van der Waals surface area contributed by atoms with Crippen molar-refractivity contribution in [1.29, 1.82) is 0 Å². The molecule has 0 saturated carbocycles. The first kappa shape index (κ1) is 19.2. The van der Waals surface area contributed by atoms with E-state index in [1.807, 2.05) is 18.7 Å². The molecule has 1 aromatic heterocycles. The van der Waals surface area contributed by atoms with Gasteiger partial charge in [-0.1, -0.05) is 17.3 Å². The lowest BCUT2D eigenvalue weighted by molar-refractivity contribution is 0.0735. The maximum atomic E-state index is 13.2. The molecule has 0 N–H and O–H groups in total. The van der Waals surface area contributed by atoms with Crippen molar-refractivity contribution in [2.75, 3.05) is 6.54 Å². The summed E-state index contributed by atoms with van der Waals surface area (Å²) in [5, 5.41) is 3.92. The van der Waals surface area contributed by atoms with Gasteiger partial charge in [-0.15, -0.1) is 0 Å². The molecule has 2 aromatic carbocycles. The third-order valence-electron chi connectivity index (χ3n) is 5.43. The predicted molar refractivity (Wildman–Crippen MR) is 106 cm³/mol. The van der Waals surface area contributed by atoms with Crippen molar-refractivity contribution in [2.45, 2.75) is 39.3 Å². The molecule has 1 fully saturated rings. The molecule has 29 heavy (non-hydrogen) atoms. The van der Waals surface area contributed by atoms with E-state index in [2.05, 4.69) is 5.16 Å². The average Bonchev–Trinajstić information content (AvgIpc) is 3.34. The van der Waals surface area contributed by atoms with Crippen LogP contribution >= 0.6 is 0 Å². The highest BCUT2D eigenvalue weighted by molar-refractivity contribution is 5.94. The summed E-state index contributed by atoms with van der Waals surface area (Å²) in [5.41, 5.74) is 3.33. The van der Waals surface area contributed by atoms with Crippen molar-refractivity contribution < 1.29 is 18.4 Å². The molecule has 5 nitrogen and oxygen atoms in total. The lowest BCUT2D eigenvalue weighted by Gasteiger charge is -2.25. The van der Waals surface area contributed by atoms with E-state index in [0.717, 1.165) is 35.4 Å². The number of ether oxygens (including phenoxy) is 1. The number of benzene rings is 2. The van der Waals surface area contributed by atoms with E-state index in [0.29, 0.717) is 24.5 Å². The maximum absolute atomic E-state index is 13.2. The fourth-order valence-electron chi connectivity index (χ4n) is 3.76. The number of hydrogen-bond acceptors (Lipinski definition) is 4. The van der Waals surface area contributed by atoms with Crippen LogP contribution in [0.1, 0.15) is 51.8 Å². The second-order valence-corrected chi connectivity index (χ2v) is 7.32. The van der Waals surface area contributed by atoms with Crippen molar-refractivity contribution in [2.24, 2.45) is 0 Å². The number of nitrogens with zero attached hydrogens (tertiary/aromatic N) is 2. The van der Waals surface area contributed by atoms with Gasteiger partial charge in [0.25, 0.3) is 5.91 Å². The third kappa shape index (κ3) is 4.01. The van der Waals surface area contributed by atoms with Gasteiger partial charge < -0.3 is 14.2 Å². The molecule has 2 heterocycles. The quantitative estimate of drug-likeness (QED) is 0.612. The van der Waals surface area contributed by atoms with Crippen LogP contribution in [-0.2, 0) is 6.61 Å². The first-order valence-electron chi connectivity index (χ1n) is 9.74. The Balaban J connectivity index is 1.44. The largest absolute Gasteiger partial charge is 0.489 e. The summed E-state index contributed by atoms with van der Waals surface area (Å²) in [4.78, 5) is 14.9. The zero-order chi connectivity index (χ0) is 20.4. The van der Waals surface area contributed by atoms with Gasteiger partial charge in [0.05, 0.1) is 17.3 Å². The van der Waals surface area contributed by atoms with Crippen molar-refractivity contribution >= 4 is 5.91 Å². The molecule has 0 spiro atoms. The Kier molecular flexibility index (Phi) is 5.34. The van der Waals surface area contributed by atoms with Crippen LogP contribution in [0.4, 0.5) is 4.39 Å². The summed E-state index contributed by atoms with van der Waals surface area (Å²) >= 11 is 0. The number of aryl methyl sites for hydroxylation is 2. The Morgan fingerprint density at radius 2 is 1.90 bits per heavy atom. The van der Waals surface area contributed by atoms with Gasteiger partial charge in [-0.25, -0.2) is 4.39 Å². The first-order chi connectivity index (χ1) is 14.0. The van der Waals surface area contributed by atoms with E-state index >= 15 is 0 Å². The maximum Gasteiger partial charge on any atom is 0.254 e. The van der Waals surface area contributed by atoms with Gasteiger partial charge in [0, 0.05) is 12.1 Å². The molecule has 6 heteroatoms. The van der Waals surface area contributed by atoms with E-state index < -0.39 is 0 Å². The highest BCUT2D eigenvalue weighted by atomic mass is 19.1. The molecule has 4 rings (SSSR count). The lowest BCUT2D eigenvalue weighted by Crippen LogP contribution is -2.30. The molecular formula is C23H23FN2O3. The molecular weight excluding hydrogens is 371 g/mol. The zero-order valence-electron chi connectivity index (χ0n) is 16.5. The predicted octanol–water partition coefficient (Wildman–Crippen LogP) is 4.99.